The Morgan fingerprint density at radius 2 is 2.13 bits per heavy atom. The van der Waals surface area contributed by atoms with Gasteiger partial charge in [0.05, 0.1) is 5.52 Å². The number of carbonyl (C=O) groups is 1. The van der Waals surface area contributed by atoms with Crippen LogP contribution in [0.4, 0.5) is 5.13 Å². The quantitative estimate of drug-likeness (QED) is 0.691. The summed E-state index contributed by atoms with van der Waals surface area (Å²) >= 11 is 8.84. The Labute approximate surface area is 146 Å². The Morgan fingerprint density at radius 3 is 2.91 bits per heavy atom. The summed E-state index contributed by atoms with van der Waals surface area (Å²) in [5, 5.41) is 13.0. The minimum Gasteiger partial charge on any atom is -0.300 e. The number of nitrogens with zero attached hydrogens (tertiary/aromatic N) is 3. The average molecular weight is 365 g/mol. The lowest BCUT2D eigenvalue weighted by molar-refractivity contribution is -0.118. The van der Waals surface area contributed by atoms with Crippen molar-refractivity contribution in [3.8, 4) is 0 Å². The molecule has 23 heavy (non-hydrogen) atoms. The van der Waals surface area contributed by atoms with E-state index in [1.165, 1.54) is 23.1 Å². The van der Waals surface area contributed by atoms with Gasteiger partial charge in [0.25, 0.3) is 0 Å². The number of halogens is 1. The number of rotatable bonds is 4. The molecule has 2 heterocycles. The van der Waals surface area contributed by atoms with E-state index in [4.69, 9.17) is 11.6 Å². The Morgan fingerprint density at radius 1 is 1.30 bits per heavy atom. The number of benzene rings is 1. The first-order chi connectivity index (χ1) is 11.0. The molecule has 0 aliphatic carbocycles. The Kier molecular flexibility index (Phi) is 4.79. The second-order valence-corrected chi connectivity index (χ2v) is 7.79. The van der Waals surface area contributed by atoms with E-state index in [1.807, 2.05) is 38.1 Å². The summed E-state index contributed by atoms with van der Waals surface area (Å²) in [5.41, 5.74) is 0.834. The molecule has 0 saturated heterocycles. The van der Waals surface area contributed by atoms with Crippen LogP contribution in [0.15, 0.2) is 39.7 Å². The summed E-state index contributed by atoms with van der Waals surface area (Å²) in [6, 6.07) is 7.53. The molecular formula is C15H13ClN4OS2. The summed E-state index contributed by atoms with van der Waals surface area (Å²) in [4.78, 5) is 17.0. The Balaban J connectivity index is 1.83. The molecule has 8 heteroatoms. The fourth-order valence-corrected chi connectivity index (χ4v) is 3.83. The molecule has 0 saturated carbocycles. The van der Waals surface area contributed by atoms with Crippen molar-refractivity contribution in [2.45, 2.75) is 23.1 Å². The average Bonchev–Trinajstić information content (AvgIpc) is 2.94. The smallest absolute Gasteiger partial charge is 0.228 e. The molecule has 0 aliphatic heterocycles. The second-order valence-electron chi connectivity index (χ2n) is 5.09. The van der Waals surface area contributed by atoms with Gasteiger partial charge in [0.1, 0.15) is 0 Å². The van der Waals surface area contributed by atoms with Gasteiger partial charge in [0, 0.05) is 27.4 Å². The van der Waals surface area contributed by atoms with Crippen LogP contribution in [0.3, 0.4) is 0 Å². The standard InChI is InChI=1S/C15H13ClN4OS2/c1-8(2)13(21)18-14-19-20-15(23-14)22-12-5-6-17-11-7-9(16)3-4-10(11)12/h3-8H,1-2H3,(H,18,19,21). The molecule has 5 nitrogen and oxygen atoms in total. The van der Waals surface area contributed by atoms with Crippen LogP contribution in [-0.4, -0.2) is 21.1 Å². The van der Waals surface area contributed by atoms with E-state index in [0.29, 0.717) is 10.2 Å². The molecule has 2 aromatic heterocycles. The van der Waals surface area contributed by atoms with Gasteiger partial charge in [-0.15, -0.1) is 10.2 Å². The predicted octanol–water partition coefficient (Wildman–Crippen LogP) is 4.49. The van der Waals surface area contributed by atoms with Gasteiger partial charge in [-0.25, -0.2) is 0 Å². The molecule has 1 N–H and O–H groups in total. The van der Waals surface area contributed by atoms with Gasteiger partial charge in [0.15, 0.2) is 4.34 Å². The molecule has 1 amide bonds. The topological polar surface area (TPSA) is 67.8 Å². The first-order valence-corrected chi connectivity index (χ1v) is 8.90. The van der Waals surface area contributed by atoms with Gasteiger partial charge in [-0.3, -0.25) is 9.78 Å². The summed E-state index contributed by atoms with van der Waals surface area (Å²) in [7, 11) is 0. The first-order valence-electron chi connectivity index (χ1n) is 6.89. The number of hydrogen-bond acceptors (Lipinski definition) is 6. The minimum absolute atomic E-state index is 0.0679. The monoisotopic (exact) mass is 364 g/mol. The molecule has 118 valence electrons. The molecule has 3 aromatic rings. The number of nitrogens with one attached hydrogen (secondary N) is 1. The van der Waals surface area contributed by atoms with Gasteiger partial charge in [0.2, 0.25) is 11.0 Å². The van der Waals surface area contributed by atoms with Crippen molar-refractivity contribution in [2.75, 3.05) is 5.32 Å². The van der Waals surface area contributed by atoms with Gasteiger partial charge in [-0.05, 0) is 18.2 Å². The van der Waals surface area contributed by atoms with Gasteiger partial charge >= 0.3 is 0 Å². The van der Waals surface area contributed by atoms with Gasteiger partial charge in [-0.1, -0.05) is 54.6 Å². The Hall–Kier alpha value is -1.70. The number of carbonyl (C=O) groups excluding carboxylic acids is 1. The van der Waals surface area contributed by atoms with Crippen LogP contribution in [-0.2, 0) is 4.79 Å². The lowest BCUT2D eigenvalue weighted by atomic mass is 10.2. The molecule has 0 aliphatic rings. The first kappa shape index (κ1) is 16.2. The van der Waals surface area contributed by atoms with Crippen LogP contribution in [0, 0.1) is 5.92 Å². The third kappa shape index (κ3) is 3.80. The lowest BCUT2D eigenvalue weighted by Gasteiger charge is -2.04. The Bertz CT molecular complexity index is 866. The molecular weight excluding hydrogens is 352 g/mol. The number of fused-ring (bicyclic) bond motifs is 1. The summed E-state index contributed by atoms with van der Waals surface area (Å²) in [6.07, 6.45) is 1.74. The number of amides is 1. The summed E-state index contributed by atoms with van der Waals surface area (Å²) < 4.78 is 0.756. The van der Waals surface area contributed by atoms with Crippen molar-refractivity contribution in [3.05, 3.63) is 35.5 Å². The van der Waals surface area contributed by atoms with E-state index in [9.17, 15) is 4.79 Å². The highest BCUT2D eigenvalue weighted by atomic mass is 35.5. The van der Waals surface area contributed by atoms with E-state index >= 15 is 0 Å². The zero-order chi connectivity index (χ0) is 16.4. The van der Waals surface area contributed by atoms with Crippen molar-refractivity contribution >= 4 is 56.6 Å². The highest BCUT2D eigenvalue weighted by Crippen LogP contribution is 2.36. The molecule has 0 fully saturated rings. The molecule has 0 atom stereocenters. The van der Waals surface area contributed by atoms with Crippen LogP contribution in [0.1, 0.15) is 13.8 Å². The van der Waals surface area contributed by atoms with E-state index < -0.39 is 0 Å². The van der Waals surface area contributed by atoms with Crippen molar-refractivity contribution < 1.29 is 4.79 Å². The number of hydrogen-bond donors (Lipinski definition) is 1. The maximum atomic E-state index is 11.7. The highest BCUT2D eigenvalue weighted by Gasteiger charge is 2.13. The fraction of sp³-hybridized carbons (Fsp3) is 0.200. The summed E-state index contributed by atoms with van der Waals surface area (Å²) in [6.45, 7) is 3.67. The van der Waals surface area contributed by atoms with Crippen LogP contribution in [0.25, 0.3) is 10.9 Å². The second kappa shape index (κ2) is 6.82. The van der Waals surface area contributed by atoms with Crippen molar-refractivity contribution in [3.63, 3.8) is 0 Å². The SMILES string of the molecule is CC(C)C(=O)Nc1nnc(Sc2ccnc3cc(Cl)ccc23)s1. The molecule has 0 radical (unpaired) electrons. The van der Waals surface area contributed by atoms with Crippen molar-refractivity contribution in [1.82, 2.24) is 15.2 Å². The normalized spacial score (nSPS) is 11.1. The lowest BCUT2D eigenvalue weighted by Crippen LogP contribution is -2.17. The molecule has 1 aromatic carbocycles. The predicted molar refractivity (Wildman–Crippen MR) is 94.3 cm³/mol. The van der Waals surface area contributed by atoms with Crippen LogP contribution >= 0.6 is 34.7 Å². The summed E-state index contributed by atoms with van der Waals surface area (Å²) in [5.74, 6) is -0.161. The maximum absolute atomic E-state index is 11.7. The highest BCUT2D eigenvalue weighted by molar-refractivity contribution is 8.01. The van der Waals surface area contributed by atoms with Gasteiger partial charge < -0.3 is 5.32 Å². The third-order valence-electron chi connectivity index (χ3n) is 3.02. The molecule has 0 bridgehead atoms. The van der Waals surface area contributed by atoms with Crippen LogP contribution in [0.2, 0.25) is 5.02 Å². The van der Waals surface area contributed by atoms with Crippen molar-refractivity contribution in [1.29, 1.82) is 0 Å². The minimum atomic E-state index is -0.0936. The van der Waals surface area contributed by atoms with E-state index in [1.54, 1.807) is 6.20 Å². The van der Waals surface area contributed by atoms with E-state index in [2.05, 4.69) is 20.5 Å². The molecule has 3 rings (SSSR count). The maximum Gasteiger partial charge on any atom is 0.228 e. The number of anilines is 1. The zero-order valence-corrected chi connectivity index (χ0v) is 14.8. The largest absolute Gasteiger partial charge is 0.300 e. The molecule has 0 spiro atoms. The third-order valence-corrected chi connectivity index (χ3v) is 5.22. The van der Waals surface area contributed by atoms with Crippen LogP contribution in [0.5, 0.6) is 0 Å². The number of pyridine rings is 1. The van der Waals surface area contributed by atoms with Crippen molar-refractivity contribution in [2.24, 2.45) is 5.92 Å². The van der Waals surface area contributed by atoms with Crippen LogP contribution < -0.4 is 5.32 Å². The number of aromatic nitrogens is 3. The fourth-order valence-electron chi connectivity index (χ4n) is 1.83. The van der Waals surface area contributed by atoms with E-state index in [-0.39, 0.29) is 11.8 Å². The van der Waals surface area contributed by atoms with Gasteiger partial charge in [-0.2, -0.15) is 0 Å². The molecule has 0 unspecified atom stereocenters. The zero-order valence-electron chi connectivity index (χ0n) is 12.4. The van der Waals surface area contributed by atoms with E-state index in [0.717, 1.165) is 20.1 Å².